The van der Waals surface area contributed by atoms with Gasteiger partial charge in [0.2, 0.25) is 5.12 Å². The average Bonchev–Trinajstić information content (AvgIpc) is 2.98. The highest BCUT2D eigenvalue weighted by Gasteiger charge is 2.78. The molecule has 5 nitrogen and oxygen atoms in total. The van der Waals surface area contributed by atoms with Crippen LogP contribution in [0.15, 0.2) is 23.8 Å². The van der Waals surface area contributed by atoms with Crippen LogP contribution in [0.2, 0.25) is 0 Å². The molecule has 3 fully saturated rings. The van der Waals surface area contributed by atoms with Gasteiger partial charge in [0.05, 0.1) is 6.10 Å². The summed E-state index contributed by atoms with van der Waals surface area (Å²) in [5.74, 6) is -4.37. The molecule has 9 atom stereocenters. The molecule has 0 aromatic carbocycles. The third kappa shape index (κ3) is 3.01. The lowest BCUT2D eigenvalue weighted by atomic mass is 9.44. The number of carbonyl (C=O) groups is 3. The number of ether oxygens (including phenoxy) is 1. The SMILES string of the molecule is [2H]C([2H])([2H])CC(=O)O[C@]1(C(=O)SCF)[C@H](C)C[C@H]2[C@@H]3C[C@H](F)C4=CC(=O)C=C[C@]4(C)[C@@]3(F)[C@@H](O)C[C@@]21C. The van der Waals surface area contributed by atoms with Crippen LogP contribution >= 0.6 is 11.8 Å². The van der Waals surface area contributed by atoms with Crippen LogP contribution in [0.4, 0.5) is 13.2 Å². The predicted molar refractivity (Wildman–Crippen MR) is 121 cm³/mol. The standard InChI is InChI=1S/C25H31F3O5S/c1-5-20(31)33-25(21(32)34-12-26)13(2)8-15-16-10-18(27)17-9-14(29)6-7-22(17,3)24(16,28)19(30)11-23(15,25)4/h6-7,9,13,15-16,18-19,30H,5,8,10-12H2,1-4H3/t13-,15+,16+,18+,19+,22+,23+,24+,25+/m1/s1/i1D3. The number of hydrogen-bond donors (Lipinski definition) is 1. The molecule has 0 saturated heterocycles. The zero-order valence-electron chi connectivity index (χ0n) is 22.3. The molecule has 1 N–H and O–H groups in total. The van der Waals surface area contributed by atoms with Gasteiger partial charge in [0.25, 0.3) is 0 Å². The van der Waals surface area contributed by atoms with Crippen LogP contribution < -0.4 is 0 Å². The minimum absolute atomic E-state index is 0.0492. The van der Waals surface area contributed by atoms with Crippen molar-refractivity contribution in [3.63, 3.8) is 0 Å². The quantitative estimate of drug-likeness (QED) is 0.572. The monoisotopic (exact) mass is 503 g/mol. The van der Waals surface area contributed by atoms with Crippen molar-refractivity contribution in [2.75, 3.05) is 6.01 Å². The molecular formula is C25H31F3O5S. The number of esters is 1. The molecule has 0 radical (unpaired) electrons. The van der Waals surface area contributed by atoms with Gasteiger partial charge >= 0.3 is 5.97 Å². The van der Waals surface area contributed by atoms with Gasteiger partial charge in [-0.25, -0.2) is 13.2 Å². The van der Waals surface area contributed by atoms with Gasteiger partial charge in [0, 0.05) is 33.2 Å². The van der Waals surface area contributed by atoms with Gasteiger partial charge in [-0.05, 0) is 61.6 Å². The Labute approximate surface area is 205 Å². The fraction of sp³-hybridized carbons (Fsp3) is 0.720. The van der Waals surface area contributed by atoms with Gasteiger partial charge < -0.3 is 9.84 Å². The Hall–Kier alpha value is -1.61. The fourth-order valence-corrected chi connectivity index (χ4v) is 8.38. The molecule has 4 aliphatic carbocycles. The lowest BCUT2D eigenvalue weighted by Gasteiger charge is -2.63. The minimum atomic E-state index is -2.69. The van der Waals surface area contributed by atoms with E-state index in [-0.39, 0.29) is 36.6 Å². The number of thioether (sulfide) groups is 1. The van der Waals surface area contributed by atoms with Crippen molar-refractivity contribution in [2.45, 2.75) is 76.9 Å². The maximum absolute atomic E-state index is 17.3. The second kappa shape index (κ2) is 8.22. The third-order valence-corrected chi connectivity index (χ3v) is 9.75. The van der Waals surface area contributed by atoms with E-state index >= 15 is 8.78 Å². The van der Waals surface area contributed by atoms with Crippen LogP contribution in [0.3, 0.4) is 0 Å². The number of fused-ring (bicyclic) bond motifs is 5. The van der Waals surface area contributed by atoms with Crippen LogP contribution in [-0.4, -0.2) is 51.5 Å². The van der Waals surface area contributed by atoms with Gasteiger partial charge in [-0.15, -0.1) is 0 Å². The van der Waals surface area contributed by atoms with E-state index in [1.807, 2.05) is 0 Å². The summed E-state index contributed by atoms with van der Waals surface area (Å²) in [7, 11) is 0. The van der Waals surface area contributed by atoms with E-state index in [0.29, 0.717) is 0 Å². The fourth-order valence-electron chi connectivity index (χ4n) is 7.59. The molecule has 0 amide bonds. The first-order valence-corrected chi connectivity index (χ1v) is 12.4. The van der Waals surface area contributed by atoms with Crippen molar-refractivity contribution in [2.24, 2.45) is 28.6 Å². The molecule has 188 valence electrons. The summed E-state index contributed by atoms with van der Waals surface area (Å²) in [4.78, 5) is 38.2. The average molecular weight is 504 g/mol. The Morgan fingerprint density at radius 2 is 2.03 bits per heavy atom. The second-order valence-corrected chi connectivity index (χ2v) is 11.3. The molecule has 0 heterocycles. The first-order chi connectivity index (χ1) is 17.0. The number of halogens is 3. The van der Waals surface area contributed by atoms with Crippen LogP contribution in [-0.2, 0) is 19.1 Å². The van der Waals surface area contributed by atoms with Gasteiger partial charge in [-0.1, -0.05) is 26.8 Å². The van der Waals surface area contributed by atoms with Gasteiger partial charge in [0.15, 0.2) is 17.1 Å². The van der Waals surface area contributed by atoms with E-state index < -0.39 is 88.3 Å². The zero-order valence-corrected chi connectivity index (χ0v) is 20.1. The molecule has 0 spiro atoms. The molecule has 0 aromatic heterocycles. The molecular weight excluding hydrogens is 469 g/mol. The van der Waals surface area contributed by atoms with Crippen LogP contribution in [0, 0.1) is 28.6 Å². The Bertz CT molecular complexity index is 1080. The summed E-state index contributed by atoms with van der Waals surface area (Å²) in [6.07, 6.45) is -1.57. The van der Waals surface area contributed by atoms with Crippen molar-refractivity contribution < 1.29 is 41.5 Å². The topological polar surface area (TPSA) is 80.7 Å². The maximum atomic E-state index is 17.3. The first kappa shape index (κ1) is 21.7. The third-order valence-electron chi connectivity index (χ3n) is 9.08. The highest BCUT2D eigenvalue weighted by Crippen LogP contribution is 2.72. The molecule has 3 saturated carbocycles. The Morgan fingerprint density at radius 3 is 2.68 bits per heavy atom. The number of rotatable bonds is 4. The number of ketones is 1. The van der Waals surface area contributed by atoms with Crippen LogP contribution in [0.1, 0.15) is 57.4 Å². The maximum Gasteiger partial charge on any atom is 0.306 e. The molecule has 34 heavy (non-hydrogen) atoms. The largest absolute Gasteiger partial charge is 0.449 e. The van der Waals surface area contributed by atoms with E-state index in [0.717, 1.165) is 12.2 Å². The zero-order chi connectivity index (χ0) is 27.8. The highest BCUT2D eigenvalue weighted by molar-refractivity contribution is 8.13. The number of carbonyl (C=O) groups excluding carboxylic acids is 3. The number of aliphatic hydroxyl groups excluding tert-OH is 1. The highest BCUT2D eigenvalue weighted by atomic mass is 32.2. The van der Waals surface area contributed by atoms with E-state index in [4.69, 9.17) is 8.85 Å². The van der Waals surface area contributed by atoms with Gasteiger partial charge in [-0.2, -0.15) is 0 Å². The summed E-state index contributed by atoms with van der Waals surface area (Å²) in [6.45, 7) is 1.88. The van der Waals surface area contributed by atoms with Crippen molar-refractivity contribution in [3.05, 3.63) is 23.8 Å². The lowest BCUT2D eigenvalue weighted by Crippen LogP contribution is -2.70. The van der Waals surface area contributed by atoms with E-state index in [2.05, 4.69) is 0 Å². The normalized spacial score (nSPS) is 49.0. The summed E-state index contributed by atoms with van der Waals surface area (Å²) < 4.78 is 74.2. The Morgan fingerprint density at radius 1 is 1.32 bits per heavy atom. The molecule has 0 aromatic rings. The molecule has 4 aliphatic rings. The van der Waals surface area contributed by atoms with Crippen LogP contribution in [0.5, 0.6) is 0 Å². The molecule has 0 unspecified atom stereocenters. The summed E-state index contributed by atoms with van der Waals surface area (Å²) in [5.41, 5.74) is -7.58. The Kier molecular flexibility index (Phi) is 5.23. The second-order valence-electron chi connectivity index (χ2n) is 10.4. The number of hydrogen-bond acceptors (Lipinski definition) is 6. The first-order valence-electron chi connectivity index (χ1n) is 12.9. The Balaban J connectivity index is 1.84. The number of alkyl halides is 3. The van der Waals surface area contributed by atoms with E-state index in [1.54, 1.807) is 13.8 Å². The van der Waals surface area contributed by atoms with Crippen molar-refractivity contribution in [3.8, 4) is 0 Å². The molecule has 0 bridgehead atoms. The minimum Gasteiger partial charge on any atom is -0.449 e. The number of aliphatic hydroxyl groups is 1. The van der Waals surface area contributed by atoms with Crippen LogP contribution in [0.25, 0.3) is 0 Å². The summed E-state index contributed by atoms with van der Waals surface area (Å²) in [6, 6.07) is -1.14. The molecule has 0 aliphatic heterocycles. The van der Waals surface area contributed by atoms with E-state index in [1.165, 1.54) is 13.0 Å². The number of allylic oxidation sites excluding steroid dienone is 4. The summed E-state index contributed by atoms with van der Waals surface area (Å²) in [5, 5.41) is 10.6. The smallest absolute Gasteiger partial charge is 0.306 e. The van der Waals surface area contributed by atoms with Crippen molar-refractivity contribution in [1.29, 1.82) is 0 Å². The summed E-state index contributed by atoms with van der Waals surface area (Å²) >= 11 is 0.263. The van der Waals surface area contributed by atoms with Gasteiger partial charge in [0.1, 0.15) is 12.2 Å². The predicted octanol–water partition coefficient (Wildman–Crippen LogP) is 4.43. The lowest BCUT2D eigenvalue weighted by molar-refractivity contribution is -0.228. The van der Waals surface area contributed by atoms with Gasteiger partial charge in [-0.3, -0.25) is 14.4 Å². The van der Waals surface area contributed by atoms with Crippen molar-refractivity contribution in [1.82, 2.24) is 0 Å². The van der Waals surface area contributed by atoms with Crippen molar-refractivity contribution >= 4 is 28.6 Å². The van der Waals surface area contributed by atoms with E-state index in [9.17, 15) is 23.9 Å². The molecule has 9 heteroatoms. The molecule has 4 rings (SSSR count).